The van der Waals surface area contributed by atoms with Crippen molar-refractivity contribution in [3.8, 4) is 39.9 Å². The van der Waals surface area contributed by atoms with Crippen molar-refractivity contribution < 1.29 is 38.3 Å². The number of hydrogen-bond donors (Lipinski definition) is 1. The zero-order valence-electron chi connectivity index (χ0n) is 17.2. The lowest BCUT2D eigenvalue weighted by molar-refractivity contribution is -0.0999. The van der Waals surface area contributed by atoms with Crippen molar-refractivity contribution in [2.75, 3.05) is 27.6 Å². The molecule has 8 nitrogen and oxygen atoms in total. The summed E-state index contributed by atoms with van der Waals surface area (Å²) >= 11 is 0. The monoisotopic (exact) mass is 424 g/mol. The number of ether oxygens (including phenoxy) is 6. The van der Waals surface area contributed by atoms with E-state index in [9.17, 15) is 9.90 Å². The fourth-order valence-electron chi connectivity index (χ4n) is 4.09. The van der Waals surface area contributed by atoms with Crippen LogP contribution in [0.1, 0.15) is 29.1 Å². The van der Waals surface area contributed by atoms with E-state index in [1.165, 1.54) is 14.2 Å². The Bertz CT molecular complexity index is 1220. The molecule has 1 unspecified atom stereocenters. The fourth-order valence-corrected chi connectivity index (χ4v) is 4.09. The van der Waals surface area contributed by atoms with E-state index in [1.807, 2.05) is 6.07 Å². The van der Waals surface area contributed by atoms with Crippen molar-refractivity contribution in [3.63, 3.8) is 0 Å². The topological polar surface area (TPSA) is 92.7 Å². The molecule has 0 bridgehead atoms. The van der Waals surface area contributed by atoms with Gasteiger partial charge in [-0.3, -0.25) is 0 Å². The largest absolute Gasteiger partial charge is 0.507 e. The molecule has 1 atom stereocenters. The van der Waals surface area contributed by atoms with Crippen molar-refractivity contribution in [3.05, 3.63) is 41.5 Å². The molecule has 0 aliphatic carbocycles. The molecule has 1 N–H and O–H groups in total. The summed E-state index contributed by atoms with van der Waals surface area (Å²) in [6.45, 7) is 2.23. The van der Waals surface area contributed by atoms with Gasteiger partial charge in [0.1, 0.15) is 5.75 Å². The Morgan fingerprint density at radius 1 is 1.00 bits per heavy atom. The first-order chi connectivity index (χ1) is 15.1. The lowest BCUT2D eigenvalue weighted by atomic mass is 9.89. The Hall–Kier alpha value is -3.65. The maximum Gasteiger partial charge on any atom is 0.342 e. The highest BCUT2D eigenvalue weighted by Gasteiger charge is 2.39. The number of phenolic OH excluding ortho intramolecular Hbond substituents is 1. The van der Waals surface area contributed by atoms with Crippen LogP contribution in [-0.2, 0) is 9.47 Å². The van der Waals surface area contributed by atoms with Gasteiger partial charge in [0.05, 0.1) is 25.3 Å². The van der Waals surface area contributed by atoms with E-state index in [4.69, 9.17) is 28.4 Å². The highest BCUT2D eigenvalue weighted by molar-refractivity contribution is 6.14. The minimum absolute atomic E-state index is 0.0975. The number of carbonyl (C=O) groups excluding carboxylic acids is 1. The summed E-state index contributed by atoms with van der Waals surface area (Å²) in [5.74, 6) is 1.43. The number of rotatable bonds is 5. The summed E-state index contributed by atoms with van der Waals surface area (Å²) in [6, 6.07) is 8.81. The Labute approximate surface area is 177 Å². The van der Waals surface area contributed by atoms with Crippen LogP contribution >= 0.6 is 0 Å². The number of cyclic esters (lactones) is 1. The third kappa shape index (κ3) is 2.83. The minimum atomic E-state index is -1.00. The van der Waals surface area contributed by atoms with E-state index >= 15 is 0 Å². The van der Waals surface area contributed by atoms with Crippen molar-refractivity contribution in [1.29, 1.82) is 0 Å². The third-order valence-electron chi connectivity index (χ3n) is 5.46. The van der Waals surface area contributed by atoms with Gasteiger partial charge in [0.25, 0.3) is 0 Å². The molecule has 2 aliphatic heterocycles. The molecule has 2 aliphatic rings. The molecule has 0 fully saturated rings. The SMILES string of the molecule is CCOC1OC(=O)c2c1c(O)c1cc(OC)c(OC)cc1c2-c1ccc2c(c1)OCO2. The van der Waals surface area contributed by atoms with Gasteiger partial charge in [-0.15, -0.1) is 0 Å². The number of benzene rings is 3. The van der Waals surface area contributed by atoms with Crippen molar-refractivity contribution in [2.24, 2.45) is 0 Å². The van der Waals surface area contributed by atoms with E-state index in [2.05, 4.69) is 0 Å². The Morgan fingerprint density at radius 2 is 1.71 bits per heavy atom. The van der Waals surface area contributed by atoms with Gasteiger partial charge in [-0.25, -0.2) is 4.79 Å². The second-order valence-corrected chi connectivity index (χ2v) is 7.03. The summed E-state index contributed by atoms with van der Waals surface area (Å²) in [6.07, 6.45) is -1.00. The Balaban J connectivity index is 1.89. The van der Waals surface area contributed by atoms with Crippen molar-refractivity contribution in [1.82, 2.24) is 0 Å². The van der Waals surface area contributed by atoms with Crippen LogP contribution in [0.15, 0.2) is 30.3 Å². The Morgan fingerprint density at radius 3 is 2.42 bits per heavy atom. The highest BCUT2D eigenvalue weighted by atomic mass is 16.7. The summed E-state index contributed by atoms with van der Waals surface area (Å²) in [5, 5.41) is 12.2. The minimum Gasteiger partial charge on any atom is -0.507 e. The van der Waals surface area contributed by atoms with Crippen LogP contribution in [0.3, 0.4) is 0 Å². The first-order valence-electron chi connectivity index (χ1n) is 9.74. The second kappa shape index (κ2) is 7.24. The van der Waals surface area contributed by atoms with Gasteiger partial charge in [0.15, 0.2) is 23.0 Å². The molecule has 0 saturated carbocycles. The van der Waals surface area contributed by atoms with E-state index in [0.29, 0.717) is 57.1 Å². The first-order valence-corrected chi connectivity index (χ1v) is 9.74. The third-order valence-corrected chi connectivity index (χ3v) is 5.46. The number of fused-ring (bicyclic) bond motifs is 3. The molecular formula is C23H20O8. The molecule has 0 saturated heterocycles. The van der Waals surface area contributed by atoms with Gasteiger partial charge >= 0.3 is 5.97 Å². The average molecular weight is 424 g/mol. The molecule has 3 aromatic rings. The molecule has 0 aromatic heterocycles. The van der Waals surface area contributed by atoms with Gasteiger partial charge in [0, 0.05) is 17.6 Å². The summed E-state index contributed by atoms with van der Waals surface area (Å²) < 4.78 is 32.9. The second-order valence-electron chi connectivity index (χ2n) is 7.03. The van der Waals surface area contributed by atoms with Crippen LogP contribution < -0.4 is 18.9 Å². The smallest absolute Gasteiger partial charge is 0.342 e. The fraction of sp³-hybridized carbons (Fsp3) is 0.261. The number of esters is 1. The maximum absolute atomic E-state index is 12.9. The molecule has 3 aromatic carbocycles. The number of carbonyl (C=O) groups is 1. The van der Waals surface area contributed by atoms with E-state index in [0.717, 1.165) is 0 Å². The van der Waals surface area contributed by atoms with Gasteiger partial charge in [-0.2, -0.15) is 0 Å². The van der Waals surface area contributed by atoms with Crippen LogP contribution in [-0.4, -0.2) is 38.7 Å². The quantitative estimate of drug-likeness (QED) is 0.611. The number of methoxy groups -OCH3 is 2. The molecule has 5 rings (SSSR count). The molecule has 0 amide bonds. The predicted octanol–water partition coefficient (Wildman–Crippen LogP) is 4.16. The maximum atomic E-state index is 12.9. The van der Waals surface area contributed by atoms with Crippen LogP contribution in [0.4, 0.5) is 0 Å². The zero-order valence-corrected chi connectivity index (χ0v) is 17.2. The van der Waals surface area contributed by atoms with Crippen LogP contribution in [0.25, 0.3) is 21.9 Å². The standard InChI is InChI=1S/C23H20O8/c1-4-28-23-20-19(22(25)31-23)18(11-5-6-14-17(7-11)30-10-29-14)12-8-15(26-2)16(27-3)9-13(12)21(20)24/h5-9,23-24H,4,10H2,1-3H3. The number of phenols is 1. The Kier molecular flexibility index (Phi) is 4.51. The normalized spacial score (nSPS) is 16.4. The van der Waals surface area contributed by atoms with Crippen molar-refractivity contribution in [2.45, 2.75) is 13.2 Å². The summed E-state index contributed by atoms with van der Waals surface area (Å²) in [7, 11) is 3.04. The first kappa shape index (κ1) is 19.3. The summed E-state index contributed by atoms with van der Waals surface area (Å²) in [5.41, 5.74) is 1.81. The van der Waals surface area contributed by atoms with E-state index in [1.54, 1.807) is 31.2 Å². The molecule has 0 spiro atoms. The lowest BCUT2D eigenvalue weighted by Crippen LogP contribution is -2.03. The predicted molar refractivity (Wildman–Crippen MR) is 110 cm³/mol. The molecule has 0 radical (unpaired) electrons. The lowest BCUT2D eigenvalue weighted by Gasteiger charge is -2.18. The highest BCUT2D eigenvalue weighted by Crippen LogP contribution is 2.51. The van der Waals surface area contributed by atoms with Crippen LogP contribution in [0.5, 0.6) is 28.7 Å². The average Bonchev–Trinajstić information content (AvgIpc) is 3.37. The van der Waals surface area contributed by atoms with Gasteiger partial charge in [-0.1, -0.05) is 6.07 Å². The van der Waals surface area contributed by atoms with Crippen LogP contribution in [0.2, 0.25) is 0 Å². The zero-order chi connectivity index (χ0) is 21.7. The summed E-state index contributed by atoms with van der Waals surface area (Å²) in [4.78, 5) is 12.9. The molecule has 2 heterocycles. The molecular weight excluding hydrogens is 404 g/mol. The molecule has 8 heteroatoms. The van der Waals surface area contributed by atoms with Gasteiger partial charge < -0.3 is 33.5 Å². The van der Waals surface area contributed by atoms with Gasteiger partial charge in [-0.05, 0) is 42.1 Å². The van der Waals surface area contributed by atoms with Crippen LogP contribution in [0, 0.1) is 0 Å². The van der Waals surface area contributed by atoms with E-state index < -0.39 is 12.3 Å². The van der Waals surface area contributed by atoms with Crippen molar-refractivity contribution >= 4 is 16.7 Å². The van der Waals surface area contributed by atoms with E-state index in [-0.39, 0.29) is 18.1 Å². The number of aromatic hydroxyl groups is 1. The number of hydrogen-bond acceptors (Lipinski definition) is 8. The molecule has 31 heavy (non-hydrogen) atoms. The van der Waals surface area contributed by atoms with Gasteiger partial charge in [0.2, 0.25) is 13.1 Å². The molecule has 160 valence electrons.